The fourth-order valence-corrected chi connectivity index (χ4v) is 3.65. The molecule has 1 N–H and O–H groups in total. The van der Waals surface area contributed by atoms with Gasteiger partial charge < -0.3 is 0 Å². The first-order valence-corrected chi connectivity index (χ1v) is 10.4. The molecule has 4 aromatic rings. The average molecular weight is 449 g/mol. The van der Waals surface area contributed by atoms with Gasteiger partial charge in [-0.25, -0.2) is 14.8 Å². The Morgan fingerprint density at radius 1 is 1.06 bits per heavy atom. The lowest BCUT2D eigenvalue weighted by molar-refractivity contribution is 0.0949. The highest BCUT2D eigenvalue weighted by molar-refractivity contribution is 6.32. The van der Waals surface area contributed by atoms with Crippen LogP contribution in [0.2, 0.25) is 5.15 Å². The molecule has 8 nitrogen and oxygen atoms in total. The van der Waals surface area contributed by atoms with Gasteiger partial charge in [0.25, 0.3) is 11.5 Å². The molecule has 0 saturated heterocycles. The summed E-state index contributed by atoms with van der Waals surface area (Å²) in [6.07, 6.45) is 1.45. The number of carbonyl (C=O) groups excluding carboxylic acids is 1. The van der Waals surface area contributed by atoms with E-state index in [-0.39, 0.29) is 17.3 Å². The summed E-state index contributed by atoms with van der Waals surface area (Å²) in [5, 5.41) is 14.1. The molecule has 162 valence electrons. The molecule has 0 bridgehead atoms. The predicted octanol–water partition coefficient (Wildman–Crippen LogP) is 3.89. The van der Waals surface area contributed by atoms with E-state index in [0.29, 0.717) is 27.2 Å². The molecule has 0 fully saturated rings. The van der Waals surface area contributed by atoms with Crippen molar-refractivity contribution in [2.75, 3.05) is 0 Å². The number of nitrogens with one attached hydrogen (secondary N) is 1. The minimum absolute atomic E-state index is 0.119. The number of hydrogen-bond donors (Lipinski definition) is 1. The number of amides is 1. The van der Waals surface area contributed by atoms with Gasteiger partial charge in [-0.05, 0) is 39.0 Å². The lowest BCUT2D eigenvalue weighted by Crippen LogP contribution is -2.30. The maximum Gasteiger partial charge on any atom is 0.292 e. The Morgan fingerprint density at radius 2 is 1.72 bits per heavy atom. The fraction of sp³-hybridized carbons (Fsp3) is 0.174. The van der Waals surface area contributed by atoms with Crippen molar-refractivity contribution >= 4 is 34.5 Å². The van der Waals surface area contributed by atoms with Gasteiger partial charge in [0, 0.05) is 5.39 Å². The minimum Gasteiger partial charge on any atom is -0.267 e. The number of aromatic nitrogens is 4. The van der Waals surface area contributed by atoms with Gasteiger partial charge in [0.15, 0.2) is 5.69 Å². The molecule has 0 aliphatic heterocycles. The summed E-state index contributed by atoms with van der Waals surface area (Å²) >= 11 is 6.49. The second kappa shape index (κ2) is 8.76. The first-order valence-electron chi connectivity index (χ1n) is 10.0. The van der Waals surface area contributed by atoms with E-state index in [9.17, 15) is 9.59 Å². The largest absolute Gasteiger partial charge is 0.292 e. The summed E-state index contributed by atoms with van der Waals surface area (Å²) in [5.74, 6) is -0.531. The highest BCUT2D eigenvalue weighted by Gasteiger charge is 2.18. The molecule has 0 radical (unpaired) electrons. The van der Waals surface area contributed by atoms with Crippen LogP contribution >= 0.6 is 11.6 Å². The highest BCUT2D eigenvalue weighted by atomic mass is 35.5. The Hall–Kier alpha value is -3.78. The van der Waals surface area contributed by atoms with Crippen LogP contribution in [-0.4, -0.2) is 31.7 Å². The molecule has 0 aliphatic carbocycles. The van der Waals surface area contributed by atoms with E-state index in [1.54, 1.807) is 28.9 Å². The van der Waals surface area contributed by atoms with Gasteiger partial charge in [0.2, 0.25) is 0 Å². The monoisotopic (exact) mass is 448 g/mol. The predicted molar refractivity (Wildman–Crippen MR) is 125 cm³/mol. The van der Waals surface area contributed by atoms with Crippen molar-refractivity contribution in [1.82, 2.24) is 25.0 Å². The van der Waals surface area contributed by atoms with Crippen LogP contribution in [-0.2, 0) is 0 Å². The van der Waals surface area contributed by atoms with Crippen molar-refractivity contribution in [3.63, 3.8) is 0 Å². The number of hydrogen-bond acceptors (Lipinski definition) is 5. The molecule has 32 heavy (non-hydrogen) atoms. The lowest BCUT2D eigenvalue weighted by atomic mass is 10.1. The van der Waals surface area contributed by atoms with Crippen LogP contribution in [0.25, 0.3) is 16.5 Å². The first kappa shape index (κ1) is 21.5. The molecule has 9 heteroatoms. The second-order valence-corrected chi connectivity index (χ2v) is 7.83. The summed E-state index contributed by atoms with van der Waals surface area (Å²) in [6, 6.07) is 16.2. The van der Waals surface area contributed by atoms with E-state index in [4.69, 9.17) is 11.6 Å². The number of halogens is 1. The Kier molecular flexibility index (Phi) is 5.87. The van der Waals surface area contributed by atoms with E-state index in [0.717, 1.165) is 5.69 Å². The maximum absolute atomic E-state index is 12.9. The second-order valence-electron chi connectivity index (χ2n) is 7.47. The van der Waals surface area contributed by atoms with Gasteiger partial charge in [0.05, 0.1) is 34.6 Å². The van der Waals surface area contributed by atoms with Crippen LogP contribution in [0, 0.1) is 6.92 Å². The molecular weight excluding hydrogens is 428 g/mol. The Balaban J connectivity index is 1.64. The number of aryl methyl sites for hydroxylation is 1. The quantitative estimate of drug-likeness (QED) is 0.370. The summed E-state index contributed by atoms with van der Waals surface area (Å²) in [7, 11) is 0. The highest BCUT2D eigenvalue weighted by Crippen LogP contribution is 2.22. The number of carbonyl (C=O) groups is 1. The van der Waals surface area contributed by atoms with Crippen molar-refractivity contribution < 1.29 is 4.79 Å². The van der Waals surface area contributed by atoms with Crippen LogP contribution in [0.5, 0.6) is 0 Å². The molecule has 0 unspecified atom stereocenters. The van der Waals surface area contributed by atoms with Crippen molar-refractivity contribution in [3.05, 3.63) is 87.1 Å². The van der Waals surface area contributed by atoms with E-state index in [2.05, 4.69) is 20.7 Å². The van der Waals surface area contributed by atoms with Crippen LogP contribution in [0.15, 0.2) is 64.5 Å². The lowest BCUT2D eigenvalue weighted by Gasteiger charge is -2.12. The SMILES string of the molecule is Cc1nn(-c2ccccc2)c(Cl)c1/C=N/NC(=O)c1nn(C(C)C)c(=O)c2ccccc12. The van der Waals surface area contributed by atoms with Gasteiger partial charge in [-0.2, -0.15) is 15.3 Å². The first-order chi connectivity index (χ1) is 15.4. The fourth-order valence-electron chi connectivity index (χ4n) is 3.33. The number of rotatable bonds is 5. The van der Waals surface area contributed by atoms with E-state index in [1.807, 2.05) is 51.1 Å². The Morgan fingerprint density at radius 3 is 2.41 bits per heavy atom. The smallest absolute Gasteiger partial charge is 0.267 e. The van der Waals surface area contributed by atoms with Crippen molar-refractivity contribution in [3.8, 4) is 5.69 Å². The standard InChI is InChI=1S/C23H21ClN6O2/c1-14(2)29-23(32)18-12-8-7-11-17(18)20(28-29)22(31)26-25-13-19-15(3)27-30(21(19)24)16-9-5-4-6-10-16/h4-14H,1-3H3,(H,26,31)/b25-13+. The van der Waals surface area contributed by atoms with E-state index in [1.165, 1.54) is 10.9 Å². The van der Waals surface area contributed by atoms with Crippen molar-refractivity contribution in [2.24, 2.45) is 5.10 Å². The van der Waals surface area contributed by atoms with E-state index < -0.39 is 5.91 Å². The third kappa shape index (κ3) is 3.92. The minimum atomic E-state index is -0.531. The Bertz CT molecular complexity index is 1390. The third-order valence-electron chi connectivity index (χ3n) is 4.94. The normalized spacial score (nSPS) is 11.5. The summed E-state index contributed by atoms with van der Waals surface area (Å²) in [6.45, 7) is 5.47. The van der Waals surface area contributed by atoms with Gasteiger partial charge in [-0.15, -0.1) is 0 Å². The van der Waals surface area contributed by atoms with Crippen LogP contribution < -0.4 is 11.0 Å². The summed E-state index contributed by atoms with van der Waals surface area (Å²) in [4.78, 5) is 25.5. The molecule has 0 aliphatic rings. The third-order valence-corrected chi connectivity index (χ3v) is 5.30. The topological polar surface area (TPSA) is 94.2 Å². The van der Waals surface area contributed by atoms with Gasteiger partial charge in [-0.1, -0.05) is 48.0 Å². The van der Waals surface area contributed by atoms with Crippen molar-refractivity contribution in [1.29, 1.82) is 0 Å². The summed E-state index contributed by atoms with van der Waals surface area (Å²) in [5.41, 5.74) is 4.42. The zero-order valence-electron chi connectivity index (χ0n) is 17.8. The molecule has 4 rings (SSSR count). The molecule has 2 aromatic carbocycles. The molecule has 2 heterocycles. The van der Waals surface area contributed by atoms with Crippen LogP contribution in [0.4, 0.5) is 0 Å². The number of para-hydroxylation sites is 1. The van der Waals surface area contributed by atoms with E-state index >= 15 is 0 Å². The van der Waals surface area contributed by atoms with Gasteiger partial charge >= 0.3 is 0 Å². The van der Waals surface area contributed by atoms with Crippen LogP contribution in [0.1, 0.15) is 41.6 Å². The number of hydrazone groups is 1. The van der Waals surface area contributed by atoms with Crippen molar-refractivity contribution in [2.45, 2.75) is 26.8 Å². The number of fused-ring (bicyclic) bond motifs is 1. The van der Waals surface area contributed by atoms with Gasteiger partial charge in [0.1, 0.15) is 5.15 Å². The number of nitrogens with zero attached hydrogens (tertiary/aromatic N) is 5. The zero-order valence-corrected chi connectivity index (χ0v) is 18.5. The van der Waals surface area contributed by atoms with Gasteiger partial charge in [-0.3, -0.25) is 9.59 Å². The molecule has 1 amide bonds. The van der Waals surface area contributed by atoms with Crippen LogP contribution in [0.3, 0.4) is 0 Å². The Labute approximate surface area is 189 Å². The maximum atomic E-state index is 12.9. The zero-order chi connectivity index (χ0) is 22.8. The molecule has 2 aromatic heterocycles. The average Bonchev–Trinajstić information content (AvgIpc) is 3.08. The molecule has 0 atom stereocenters. The molecule has 0 spiro atoms. The number of benzene rings is 2. The summed E-state index contributed by atoms with van der Waals surface area (Å²) < 4.78 is 2.90. The molecule has 0 saturated carbocycles. The molecular formula is C23H21ClN6O2.